The highest BCUT2D eigenvalue weighted by Gasteiger charge is 2.34. The van der Waals surface area contributed by atoms with Gasteiger partial charge in [0.1, 0.15) is 0 Å². The van der Waals surface area contributed by atoms with E-state index in [0.29, 0.717) is 0 Å². The Morgan fingerprint density at radius 3 is 2.56 bits per heavy atom. The number of carboxylic acid groups (broad SMARTS) is 1. The molecule has 1 heterocycles. The molecule has 0 aliphatic heterocycles. The normalized spacial score (nSPS) is 11.2. The molecular weight excluding hydrogens is 370 g/mol. The number of hydrogen-bond donors (Lipinski definition) is 1. The van der Waals surface area contributed by atoms with Crippen molar-refractivity contribution in [3.05, 3.63) is 15.5 Å². The maximum absolute atomic E-state index is 12.2. The maximum atomic E-state index is 12.2. The molecule has 1 N–H and O–H groups in total. The van der Waals surface area contributed by atoms with Crippen LogP contribution in [-0.2, 0) is 11.2 Å². The molecule has 5 nitrogen and oxygen atoms in total. The molecule has 0 amide bonds. The largest absolute Gasteiger partial charge is 0.573 e. The molecule has 0 saturated carbocycles. The summed E-state index contributed by atoms with van der Waals surface area (Å²) in [5, 5.41) is 8.62. The number of halogens is 4. The summed E-state index contributed by atoms with van der Waals surface area (Å²) in [5.74, 6) is -2.15. The van der Waals surface area contributed by atoms with Crippen LogP contribution >= 0.6 is 22.6 Å². The van der Waals surface area contributed by atoms with Crippen LogP contribution in [0.1, 0.15) is 5.69 Å². The number of nitrogens with zero attached hydrogens (tertiary/aromatic N) is 1. The Morgan fingerprint density at radius 1 is 1.50 bits per heavy atom. The van der Waals surface area contributed by atoms with E-state index < -0.39 is 24.5 Å². The van der Waals surface area contributed by atoms with Crippen molar-refractivity contribution in [3.8, 4) is 11.5 Å². The molecule has 9 heteroatoms. The zero-order valence-corrected chi connectivity index (χ0v) is 11.1. The summed E-state index contributed by atoms with van der Waals surface area (Å²) in [4.78, 5) is 14.3. The molecule has 0 aromatic carbocycles. The highest BCUT2D eigenvalue weighted by Crippen LogP contribution is 2.38. The molecule has 0 radical (unpaired) electrons. The molecule has 0 unspecified atom stereocenters. The molecule has 0 aliphatic carbocycles. The zero-order chi connectivity index (χ0) is 13.9. The fourth-order valence-corrected chi connectivity index (χ4v) is 1.68. The first kappa shape index (κ1) is 14.8. The van der Waals surface area contributed by atoms with Gasteiger partial charge in [-0.15, -0.1) is 13.2 Å². The lowest BCUT2D eigenvalue weighted by Gasteiger charge is -2.15. The minimum atomic E-state index is -4.89. The predicted molar refractivity (Wildman–Crippen MR) is 61.5 cm³/mol. The minimum absolute atomic E-state index is 0.0657. The van der Waals surface area contributed by atoms with Crippen LogP contribution in [0.3, 0.4) is 0 Å². The number of rotatable bonds is 4. The molecule has 0 atom stereocenters. The van der Waals surface area contributed by atoms with E-state index in [2.05, 4.69) is 9.72 Å². The quantitative estimate of drug-likeness (QED) is 0.816. The maximum Gasteiger partial charge on any atom is 0.573 e. The predicted octanol–water partition coefficient (Wildman–Crippen LogP) is 2.22. The van der Waals surface area contributed by atoms with E-state index in [1.54, 1.807) is 22.6 Å². The second-order valence-corrected chi connectivity index (χ2v) is 4.20. The minimum Gasteiger partial charge on any atom is -0.491 e. The molecule has 1 aromatic rings. The zero-order valence-electron chi connectivity index (χ0n) is 8.92. The molecular formula is C9H7F3INO4. The molecule has 0 bridgehead atoms. The summed E-state index contributed by atoms with van der Waals surface area (Å²) in [6, 6.07) is 0. The Kier molecular flexibility index (Phi) is 4.59. The monoisotopic (exact) mass is 377 g/mol. The van der Waals surface area contributed by atoms with Crippen LogP contribution in [0.4, 0.5) is 13.2 Å². The summed E-state index contributed by atoms with van der Waals surface area (Å²) in [5.41, 5.74) is -0.135. The second kappa shape index (κ2) is 5.59. The van der Waals surface area contributed by atoms with Gasteiger partial charge in [-0.1, -0.05) is 0 Å². The van der Waals surface area contributed by atoms with Gasteiger partial charge in [-0.3, -0.25) is 9.78 Å². The Hall–Kier alpha value is -1.26. The first-order valence-corrected chi connectivity index (χ1v) is 5.51. The van der Waals surface area contributed by atoms with Gasteiger partial charge in [-0.25, -0.2) is 0 Å². The summed E-state index contributed by atoms with van der Waals surface area (Å²) in [7, 11) is 1.11. The Bertz CT molecular complexity index is 464. The lowest BCUT2D eigenvalue weighted by molar-refractivity contribution is -0.275. The standard InChI is InChI=1S/C9H7F3INO4/c1-17-8-5(2-6(15)16)14-3-4(13)7(8)18-9(10,11)12/h3H,2H2,1H3,(H,15,16). The number of pyridine rings is 1. The first-order valence-electron chi connectivity index (χ1n) is 4.43. The van der Waals surface area contributed by atoms with Crippen LogP contribution in [0, 0.1) is 3.57 Å². The number of hydrogen-bond acceptors (Lipinski definition) is 4. The summed E-state index contributed by atoms with van der Waals surface area (Å²) < 4.78 is 45.3. The van der Waals surface area contributed by atoms with Gasteiger partial charge in [0, 0.05) is 6.20 Å². The number of carboxylic acids is 1. The van der Waals surface area contributed by atoms with Crippen LogP contribution in [0.2, 0.25) is 0 Å². The van der Waals surface area contributed by atoms with E-state index in [1.165, 1.54) is 0 Å². The summed E-state index contributed by atoms with van der Waals surface area (Å²) >= 11 is 1.58. The van der Waals surface area contributed by atoms with Gasteiger partial charge >= 0.3 is 12.3 Å². The number of alkyl halides is 3. The summed E-state index contributed by atoms with van der Waals surface area (Å²) in [6.45, 7) is 0. The van der Waals surface area contributed by atoms with Crippen LogP contribution in [0.25, 0.3) is 0 Å². The highest BCUT2D eigenvalue weighted by molar-refractivity contribution is 14.1. The van der Waals surface area contributed by atoms with Crippen molar-refractivity contribution in [2.24, 2.45) is 0 Å². The molecule has 18 heavy (non-hydrogen) atoms. The van der Waals surface area contributed by atoms with E-state index in [4.69, 9.17) is 9.84 Å². The number of carbonyl (C=O) groups is 1. The molecule has 1 aromatic heterocycles. The highest BCUT2D eigenvalue weighted by atomic mass is 127. The van der Waals surface area contributed by atoms with Crippen LogP contribution in [0.5, 0.6) is 11.5 Å². The van der Waals surface area contributed by atoms with Crippen molar-refractivity contribution in [1.29, 1.82) is 0 Å². The van der Waals surface area contributed by atoms with Gasteiger partial charge in [-0.2, -0.15) is 0 Å². The third-order valence-electron chi connectivity index (χ3n) is 1.76. The number of aliphatic carboxylic acids is 1. The third kappa shape index (κ3) is 3.89. The Balaban J connectivity index is 3.25. The fourth-order valence-electron chi connectivity index (χ4n) is 1.18. The van der Waals surface area contributed by atoms with E-state index >= 15 is 0 Å². The molecule has 100 valence electrons. The topological polar surface area (TPSA) is 68.7 Å². The van der Waals surface area contributed by atoms with Crippen molar-refractivity contribution in [2.75, 3.05) is 7.11 Å². The molecule has 1 rings (SSSR count). The second-order valence-electron chi connectivity index (χ2n) is 3.03. The van der Waals surface area contributed by atoms with Crippen LogP contribution in [0.15, 0.2) is 6.20 Å². The SMILES string of the molecule is COc1c(CC(=O)O)ncc(I)c1OC(F)(F)F. The molecule has 0 aliphatic rings. The van der Waals surface area contributed by atoms with Crippen molar-refractivity contribution >= 4 is 28.6 Å². The average molecular weight is 377 g/mol. The van der Waals surface area contributed by atoms with Crippen molar-refractivity contribution in [3.63, 3.8) is 0 Å². The average Bonchev–Trinajstić information content (AvgIpc) is 2.20. The van der Waals surface area contributed by atoms with E-state index in [-0.39, 0.29) is 15.0 Å². The fraction of sp³-hybridized carbons (Fsp3) is 0.333. The smallest absolute Gasteiger partial charge is 0.491 e. The van der Waals surface area contributed by atoms with Gasteiger partial charge in [0.05, 0.1) is 22.8 Å². The lowest BCUT2D eigenvalue weighted by atomic mass is 10.2. The molecule has 0 fully saturated rings. The number of ether oxygens (including phenoxy) is 2. The lowest BCUT2D eigenvalue weighted by Crippen LogP contribution is -2.19. The molecule has 0 spiro atoms. The van der Waals surface area contributed by atoms with Crippen molar-refractivity contribution in [2.45, 2.75) is 12.8 Å². The van der Waals surface area contributed by atoms with Gasteiger partial charge in [-0.05, 0) is 22.6 Å². The van der Waals surface area contributed by atoms with Gasteiger partial charge in [0.2, 0.25) is 0 Å². The van der Waals surface area contributed by atoms with Gasteiger partial charge in [0.25, 0.3) is 0 Å². The number of aromatic nitrogens is 1. The van der Waals surface area contributed by atoms with Crippen LogP contribution in [-0.4, -0.2) is 29.5 Å². The van der Waals surface area contributed by atoms with Crippen molar-refractivity contribution < 1.29 is 32.5 Å². The summed E-state index contributed by atoms with van der Waals surface area (Å²) in [6.07, 6.45) is -4.37. The van der Waals surface area contributed by atoms with Gasteiger partial charge in [0.15, 0.2) is 11.5 Å². The van der Waals surface area contributed by atoms with E-state index in [9.17, 15) is 18.0 Å². The first-order chi connectivity index (χ1) is 8.24. The third-order valence-corrected chi connectivity index (χ3v) is 2.53. The number of methoxy groups -OCH3 is 1. The molecule has 0 saturated heterocycles. The van der Waals surface area contributed by atoms with Crippen LogP contribution < -0.4 is 9.47 Å². The Morgan fingerprint density at radius 2 is 2.11 bits per heavy atom. The van der Waals surface area contributed by atoms with Gasteiger partial charge < -0.3 is 14.6 Å². The Labute approximate surface area is 113 Å². The van der Waals surface area contributed by atoms with E-state index in [1.807, 2.05) is 0 Å². The van der Waals surface area contributed by atoms with Crippen molar-refractivity contribution in [1.82, 2.24) is 4.98 Å². The van der Waals surface area contributed by atoms with E-state index in [0.717, 1.165) is 13.3 Å².